The molecule has 0 radical (unpaired) electrons. The number of hydrogen-bond acceptors (Lipinski definition) is 6. The van der Waals surface area contributed by atoms with Crippen molar-refractivity contribution in [1.82, 2.24) is 25.5 Å². The van der Waals surface area contributed by atoms with Crippen molar-refractivity contribution in [3.8, 4) is 11.6 Å². The molecule has 0 aliphatic rings. The van der Waals surface area contributed by atoms with Crippen molar-refractivity contribution in [3.05, 3.63) is 59.4 Å². The van der Waals surface area contributed by atoms with Gasteiger partial charge < -0.3 is 9.73 Å². The second-order valence-electron chi connectivity index (χ2n) is 5.10. The average molecular weight is 309 g/mol. The summed E-state index contributed by atoms with van der Waals surface area (Å²) in [7, 11) is 0. The normalized spacial score (nSPS) is 10.5. The zero-order valence-corrected chi connectivity index (χ0v) is 12.8. The molecular weight excluding hydrogens is 294 g/mol. The first-order valence-corrected chi connectivity index (χ1v) is 7.08. The van der Waals surface area contributed by atoms with Gasteiger partial charge in [-0.1, -0.05) is 17.7 Å². The summed E-state index contributed by atoms with van der Waals surface area (Å²) in [5.74, 6) is 0.393. The number of carbonyl (C=O) groups is 1. The van der Waals surface area contributed by atoms with Crippen molar-refractivity contribution in [2.45, 2.75) is 20.4 Å². The summed E-state index contributed by atoms with van der Waals surface area (Å²) in [6, 6.07) is 7.34. The molecule has 0 unspecified atom stereocenters. The Kier molecular flexibility index (Phi) is 4.09. The fraction of sp³-hybridized carbons (Fsp3) is 0.188. The first-order valence-electron chi connectivity index (χ1n) is 7.08. The van der Waals surface area contributed by atoms with Gasteiger partial charge in [0, 0.05) is 11.8 Å². The van der Waals surface area contributed by atoms with Crippen molar-refractivity contribution < 1.29 is 9.21 Å². The maximum Gasteiger partial charge on any atom is 0.267 e. The Morgan fingerprint density at radius 3 is 2.78 bits per heavy atom. The number of benzene rings is 1. The Hall–Kier alpha value is -3.09. The van der Waals surface area contributed by atoms with Gasteiger partial charge in [0.15, 0.2) is 0 Å². The van der Waals surface area contributed by atoms with E-state index in [9.17, 15) is 4.79 Å². The summed E-state index contributed by atoms with van der Waals surface area (Å²) in [4.78, 5) is 20.4. The zero-order chi connectivity index (χ0) is 16.2. The average Bonchev–Trinajstić information content (AvgIpc) is 3.02. The highest BCUT2D eigenvalue weighted by molar-refractivity contribution is 5.94. The summed E-state index contributed by atoms with van der Waals surface area (Å²) < 4.78 is 5.48. The minimum atomic E-state index is -0.191. The molecule has 1 aromatic carbocycles. The molecule has 0 spiro atoms. The fourth-order valence-electron chi connectivity index (χ4n) is 1.98. The van der Waals surface area contributed by atoms with Gasteiger partial charge in [-0.3, -0.25) is 9.78 Å². The Balaban J connectivity index is 1.65. The number of nitrogens with zero attached hydrogens (tertiary/aromatic N) is 4. The first kappa shape index (κ1) is 14.8. The summed E-state index contributed by atoms with van der Waals surface area (Å²) in [6.07, 6.45) is 3.19. The van der Waals surface area contributed by atoms with Crippen LogP contribution in [0.3, 0.4) is 0 Å². The van der Waals surface area contributed by atoms with Crippen molar-refractivity contribution in [3.63, 3.8) is 0 Å². The Bertz CT molecular complexity index is 826. The molecule has 0 saturated carbocycles. The molecule has 0 atom stereocenters. The Labute approximate surface area is 132 Å². The van der Waals surface area contributed by atoms with Gasteiger partial charge in [0.25, 0.3) is 11.8 Å². The SMILES string of the molecule is Cc1cccc(C(=O)NCc2nnc(-c3cnc(C)cn3)o2)c1. The van der Waals surface area contributed by atoms with Crippen LogP contribution in [-0.2, 0) is 6.54 Å². The molecule has 0 aliphatic carbocycles. The van der Waals surface area contributed by atoms with Crippen LogP contribution in [0.15, 0.2) is 41.1 Å². The monoisotopic (exact) mass is 309 g/mol. The maximum absolute atomic E-state index is 12.1. The van der Waals surface area contributed by atoms with Crippen molar-refractivity contribution >= 4 is 5.91 Å². The number of carbonyl (C=O) groups excluding carboxylic acids is 1. The lowest BCUT2D eigenvalue weighted by atomic mass is 10.1. The zero-order valence-electron chi connectivity index (χ0n) is 12.8. The molecule has 0 bridgehead atoms. The van der Waals surface area contributed by atoms with Crippen molar-refractivity contribution in [2.75, 3.05) is 0 Å². The van der Waals surface area contributed by atoms with E-state index in [0.29, 0.717) is 17.1 Å². The van der Waals surface area contributed by atoms with Crippen molar-refractivity contribution in [2.24, 2.45) is 0 Å². The quantitative estimate of drug-likeness (QED) is 0.793. The lowest BCUT2D eigenvalue weighted by molar-refractivity contribution is 0.0947. The lowest BCUT2D eigenvalue weighted by Crippen LogP contribution is -2.22. The van der Waals surface area contributed by atoms with E-state index >= 15 is 0 Å². The largest absolute Gasteiger partial charge is 0.417 e. The number of rotatable bonds is 4. The highest BCUT2D eigenvalue weighted by Crippen LogP contribution is 2.14. The smallest absolute Gasteiger partial charge is 0.267 e. The first-order chi connectivity index (χ1) is 11.1. The van der Waals surface area contributed by atoms with E-state index in [1.54, 1.807) is 18.5 Å². The Morgan fingerprint density at radius 1 is 1.17 bits per heavy atom. The minimum Gasteiger partial charge on any atom is -0.417 e. The van der Waals surface area contributed by atoms with Gasteiger partial charge in [-0.2, -0.15) is 0 Å². The number of amides is 1. The van der Waals surface area contributed by atoms with Crippen molar-refractivity contribution in [1.29, 1.82) is 0 Å². The molecule has 1 amide bonds. The van der Waals surface area contributed by atoms with E-state index in [1.165, 1.54) is 0 Å². The third kappa shape index (κ3) is 3.57. The van der Waals surface area contributed by atoms with Gasteiger partial charge in [0.05, 0.1) is 18.4 Å². The van der Waals surface area contributed by atoms with Crippen LogP contribution in [0.5, 0.6) is 0 Å². The van der Waals surface area contributed by atoms with Crippen LogP contribution in [-0.4, -0.2) is 26.1 Å². The molecule has 2 aromatic heterocycles. The van der Waals surface area contributed by atoms with E-state index in [2.05, 4.69) is 25.5 Å². The Morgan fingerprint density at radius 2 is 2.04 bits per heavy atom. The van der Waals surface area contributed by atoms with Crippen LogP contribution in [0.25, 0.3) is 11.6 Å². The van der Waals surface area contributed by atoms with Gasteiger partial charge in [-0.25, -0.2) is 4.98 Å². The van der Waals surface area contributed by atoms with E-state index in [1.807, 2.05) is 32.0 Å². The molecular formula is C16H15N5O2. The third-order valence-electron chi connectivity index (χ3n) is 3.15. The van der Waals surface area contributed by atoms with Crippen LogP contribution in [0, 0.1) is 13.8 Å². The summed E-state index contributed by atoms with van der Waals surface area (Å²) in [5, 5.41) is 10.6. The molecule has 2 heterocycles. The fourth-order valence-corrected chi connectivity index (χ4v) is 1.98. The van der Waals surface area contributed by atoms with Gasteiger partial charge in [-0.15, -0.1) is 10.2 Å². The minimum absolute atomic E-state index is 0.152. The van der Waals surface area contributed by atoms with Crippen LogP contribution in [0.1, 0.15) is 27.5 Å². The molecule has 0 aliphatic heterocycles. The number of nitrogens with one attached hydrogen (secondary N) is 1. The molecule has 1 N–H and O–H groups in total. The van der Waals surface area contributed by atoms with Crippen LogP contribution in [0.2, 0.25) is 0 Å². The van der Waals surface area contributed by atoms with Gasteiger partial charge in [-0.05, 0) is 26.0 Å². The highest BCUT2D eigenvalue weighted by Gasteiger charge is 2.12. The highest BCUT2D eigenvalue weighted by atomic mass is 16.4. The predicted molar refractivity (Wildman–Crippen MR) is 82.4 cm³/mol. The molecule has 0 fully saturated rings. The predicted octanol–water partition coefficient (Wildman–Crippen LogP) is 2.07. The van der Waals surface area contributed by atoms with Crippen LogP contribution < -0.4 is 5.32 Å². The second-order valence-corrected chi connectivity index (χ2v) is 5.10. The molecule has 3 rings (SSSR count). The van der Waals surface area contributed by atoms with Crippen LogP contribution >= 0.6 is 0 Å². The van der Waals surface area contributed by atoms with E-state index in [-0.39, 0.29) is 18.3 Å². The van der Waals surface area contributed by atoms with E-state index in [4.69, 9.17) is 4.42 Å². The molecule has 7 heteroatoms. The van der Waals surface area contributed by atoms with Gasteiger partial charge >= 0.3 is 0 Å². The second kappa shape index (κ2) is 6.35. The maximum atomic E-state index is 12.1. The molecule has 116 valence electrons. The lowest BCUT2D eigenvalue weighted by Gasteiger charge is -2.03. The molecule has 3 aromatic rings. The van der Waals surface area contributed by atoms with E-state index in [0.717, 1.165) is 11.3 Å². The summed E-state index contributed by atoms with van der Waals surface area (Å²) in [6.45, 7) is 3.93. The molecule has 23 heavy (non-hydrogen) atoms. The summed E-state index contributed by atoms with van der Waals surface area (Å²) in [5.41, 5.74) is 2.92. The number of hydrogen-bond donors (Lipinski definition) is 1. The molecule has 0 saturated heterocycles. The van der Waals surface area contributed by atoms with Gasteiger partial charge in [0.2, 0.25) is 5.89 Å². The summed E-state index contributed by atoms with van der Waals surface area (Å²) >= 11 is 0. The van der Waals surface area contributed by atoms with E-state index < -0.39 is 0 Å². The number of aromatic nitrogens is 4. The van der Waals surface area contributed by atoms with Crippen LogP contribution in [0.4, 0.5) is 0 Å². The van der Waals surface area contributed by atoms with Gasteiger partial charge in [0.1, 0.15) is 5.69 Å². The number of aryl methyl sites for hydroxylation is 2. The standard InChI is InChI=1S/C16H15N5O2/c1-10-4-3-5-12(6-10)15(22)19-9-14-20-21-16(23-14)13-8-17-11(2)7-18-13/h3-8H,9H2,1-2H3,(H,19,22). The molecule has 7 nitrogen and oxygen atoms in total. The third-order valence-corrected chi connectivity index (χ3v) is 3.15. The topological polar surface area (TPSA) is 93.8 Å².